The Bertz CT molecular complexity index is 894. The SMILES string of the molecule is COc1ccc([C@@H]2CCCN2C(=O)CCc2ccc3c(c2)C[C@@H](C)O3)c(OC)c1. The Balaban J connectivity index is 1.44. The molecular formula is C24H29NO4. The van der Waals surface area contributed by atoms with Crippen LogP contribution in [0.25, 0.3) is 0 Å². The second kappa shape index (κ2) is 8.36. The van der Waals surface area contributed by atoms with E-state index in [0.717, 1.165) is 55.0 Å². The Morgan fingerprint density at radius 2 is 2.03 bits per heavy atom. The molecule has 2 heterocycles. The number of fused-ring (bicyclic) bond motifs is 1. The highest BCUT2D eigenvalue weighted by atomic mass is 16.5. The Kier molecular flexibility index (Phi) is 5.65. The van der Waals surface area contributed by atoms with Crippen LogP contribution in [0.5, 0.6) is 17.2 Å². The minimum Gasteiger partial charge on any atom is -0.497 e. The molecule has 2 aliphatic heterocycles. The minimum absolute atomic E-state index is 0.0672. The number of likely N-dealkylation sites (tertiary alicyclic amines) is 1. The van der Waals surface area contributed by atoms with E-state index in [4.69, 9.17) is 14.2 Å². The number of rotatable bonds is 6. The molecule has 2 atom stereocenters. The van der Waals surface area contributed by atoms with E-state index >= 15 is 0 Å². The van der Waals surface area contributed by atoms with E-state index in [1.54, 1.807) is 14.2 Å². The summed E-state index contributed by atoms with van der Waals surface area (Å²) >= 11 is 0. The van der Waals surface area contributed by atoms with Gasteiger partial charge in [0.25, 0.3) is 0 Å². The topological polar surface area (TPSA) is 48.0 Å². The van der Waals surface area contributed by atoms with Gasteiger partial charge < -0.3 is 19.1 Å². The fourth-order valence-corrected chi connectivity index (χ4v) is 4.51. The van der Waals surface area contributed by atoms with Crippen molar-refractivity contribution < 1.29 is 19.0 Å². The molecule has 0 aromatic heterocycles. The van der Waals surface area contributed by atoms with Crippen molar-refractivity contribution >= 4 is 5.91 Å². The van der Waals surface area contributed by atoms with Gasteiger partial charge in [-0.3, -0.25) is 4.79 Å². The number of ether oxygens (including phenoxy) is 3. The number of amides is 1. The molecule has 1 saturated heterocycles. The second-order valence-corrected chi connectivity index (χ2v) is 7.93. The molecular weight excluding hydrogens is 366 g/mol. The molecule has 0 saturated carbocycles. The van der Waals surface area contributed by atoms with Crippen LogP contribution in [0.15, 0.2) is 36.4 Å². The first-order valence-corrected chi connectivity index (χ1v) is 10.4. The zero-order valence-electron chi connectivity index (χ0n) is 17.4. The fraction of sp³-hybridized carbons (Fsp3) is 0.458. The van der Waals surface area contributed by atoms with Gasteiger partial charge in [0.1, 0.15) is 23.4 Å². The van der Waals surface area contributed by atoms with Crippen molar-refractivity contribution in [3.63, 3.8) is 0 Å². The Morgan fingerprint density at radius 1 is 1.17 bits per heavy atom. The maximum atomic E-state index is 13.0. The lowest BCUT2D eigenvalue weighted by molar-refractivity contribution is -0.132. The van der Waals surface area contributed by atoms with Gasteiger partial charge in [-0.2, -0.15) is 0 Å². The van der Waals surface area contributed by atoms with Crippen molar-refractivity contribution in [2.75, 3.05) is 20.8 Å². The molecule has 0 spiro atoms. The number of carbonyl (C=O) groups is 1. The summed E-state index contributed by atoms with van der Waals surface area (Å²) in [5.74, 6) is 2.73. The van der Waals surface area contributed by atoms with E-state index < -0.39 is 0 Å². The predicted octanol–water partition coefficient (Wildman–Crippen LogP) is 4.32. The zero-order valence-corrected chi connectivity index (χ0v) is 17.4. The lowest BCUT2D eigenvalue weighted by Gasteiger charge is -2.26. The van der Waals surface area contributed by atoms with Crippen LogP contribution in [0, 0.1) is 0 Å². The average Bonchev–Trinajstić information content (AvgIpc) is 3.36. The summed E-state index contributed by atoms with van der Waals surface area (Å²) in [5.41, 5.74) is 3.51. The van der Waals surface area contributed by atoms with Crippen LogP contribution in [0.3, 0.4) is 0 Å². The fourth-order valence-electron chi connectivity index (χ4n) is 4.51. The normalized spacial score (nSPS) is 20.3. The van der Waals surface area contributed by atoms with Crippen LogP contribution in [0.2, 0.25) is 0 Å². The predicted molar refractivity (Wildman–Crippen MR) is 112 cm³/mol. The van der Waals surface area contributed by atoms with Gasteiger partial charge in [0.2, 0.25) is 5.91 Å². The molecule has 29 heavy (non-hydrogen) atoms. The molecule has 154 valence electrons. The van der Waals surface area contributed by atoms with E-state index in [1.807, 2.05) is 29.2 Å². The van der Waals surface area contributed by atoms with Gasteiger partial charge in [-0.25, -0.2) is 0 Å². The number of hydrogen-bond acceptors (Lipinski definition) is 4. The molecule has 1 amide bonds. The van der Waals surface area contributed by atoms with Gasteiger partial charge in [0.15, 0.2) is 0 Å². The molecule has 0 aliphatic carbocycles. The first-order valence-electron chi connectivity index (χ1n) is 10.4. The monoisotopic (exact) mass is 395 g/mol. The van der Waals surface area contributed by atoms with Crippen molar-refractivity contribution in [1.29, 1.82) is 0 Å². The Morgan fingerprint density at radius 3 is 2.83 bits per heavy atom. The van der Waals surface area contributed by atoms with Crippen molar-refractivity contribution in [3.8, 4) is 17.2 Å². The third-order valence-electron chi connectivity index (χ3n) is 5.96. The van der Waals surface area contributed by atoms with Crippen molar-refractivity contribution in [2.24, 2.45) is 0 Å². The first-order chi connectivity index (χ1) is 14.1. The Hall–Kier alpha value is -2.69. The summed E-state index contributed by atoms with van der Waals surface area (Å²) in [6, 6.07) is 12.2. The van der Waals surface area contributed by atoms with Gasteiger partial charge in [0, 0.05) is 31.0 Å². The summed E-state index contributed by atoms with van der Waals surface area (Å²) in [4.78, 5) is 15.1. The maximum absolute atomic E-state index is 13.0. The highest BCUT2D eigenvalue weighted by molar-refractivity contribution is 5.77. The summed E-state index contributed by atoms with van der Waals surface area (Å²) in [6.45, 7) is 2.89. The van der Waals surface area contributed by atoms with E-state index in [9.17, 15) is 4.79 Å². The first kappa shape index (κ1) is 19.6. The van der Waals surface area contributed by atoms with Gasteiger partial charge in [-0.05, 0) is 55.5 Å². The van der Waals surface area contributed by atoms with Crippen molar-refractivity contribution in [3.05, 3.63) is 53.1 Å². The van der Waals surface area contributed by atoms with Crippen LogP contribution in [-0.2, 0) is 17.6 Å². The largest absolute Gasteiger partial charge is 0.497 e. The lowest BCUT2D eigenvalue weighted by atomic mass is 10.0. The van der Waals surface area contributed by atoms with Crippen LogP contribution in [0.4, 0.5) is 0 Å². The van der Waals surface area contributed by atoms with Gasteiger partial charge in [-0.15, -0.1) is 0 Å². The number of hydrogen-bond donors (Lipinski definition) is 0. The van der Waals surface area contributed by atoms with Crippen LogP contribution in [0.1, 0.15) is 48.9 Å². The molecule has 5 nitrogen and oxygen atoms in total. The molecule has 0 radical (unpaired) electrons. The van der Waals surface area contributed by atoms with Crippen molar-refractivity contribution in [1.82, 2.24) is 4.90 Å². The smallest absolute Gasteiger partial charge is 0.223 e. The third-order valence-corrected chi connectivity index (χ3v) is 5.96. The van der Waals surface area contributed by atoms with Gasteiger partial charge in [-0.1, -0.05) is 12.1 Å². The molecule has 1 fully saturated rings. The summed E-state index contributed by atoms with van der Waals surface area (Å²) < 4.78 is 16.7. The standard InChI is InChI=1S/C24H29NO4/c1-16-13-18-14-17(6-10-22(18)29-16)7-11-24(26)25-12-4-5-21(25)20-9-8-19(27-2)15-23(20)28-3/h6,8-10,14-16,21H,4-5,7,11-13H2,1-3H3/t16-,21+/m1/s1. The third kappa shape index (κ3) is 4.04. The molecule has 0 N–H and O–H groups in total. The van der Waals surface area contributed by atoms with E-state index in [1.165, 1.54) is 11.1 Å². The van der Waals surface area contributed by atoms with Crippen molar-refractivity contribution in [2.45, 2.75) is 51.2 Å². The maximum Gasteiger partial charge on any atom is 0.223 e. The molecule has 0 unspecified atom stereocenters. The minimum atomic E-state index is 0.0672. The van der Waals surface area contributed by atoms with Crippen LogP contribution >= 0.6 is 0 Å². The molecule has 2 aromatic carbocycles. The van der Waals surface area contributed by atoms with E-state index in [2.05, 4.69) is 19.1 Å². The number of carbonyl (C=O) groups excluding carboxylic acids is 1. The molecule has 2 aromatic rings. The number of nitrogens with zero attached hydrogens (tertiary/aromatic N) is 1. The number of methoxy groups -OCH3 is 2. The average molecular weight is 395 g/mol. The van der Waals surface area contributed by atoms with Crippen LogP contribution in [-0.4, -0.2) is 37.7 Å². The summed E-state index contributed by atoms with van der Waals surface area (Å²) in [6.07, 6.45) is 4.44. The highest BCUT2D eigenvalue weighted by Crippen LogP contribution is 2.39. The quantitative estimate of drug-likeness (QED) is 0.731. The lowest BCUT2D eigenvalue weighted by Crippen LogP contribution is -2.30. The molecule has 4 rings (SSSR count). The number of benzene rings is 2. The summed E-state index contributed by atoms with van der Waals surface area (Å²) in [7, 11) is 3.31. The Labute approximate surface area is 172 Å². The molecule has 0 bridgehead atoms. The second-order valence-electron chi connectivity index (χ2n) is 7.93. The number of aryl methyl sites for hydroxylation is 1. The zero-order chi connectivity index (χ0) is 20.4. The van der Waals surface area contributed by atoms with Crippen LogP contribution < -0.4 is 14.2 Å². The van der Waals surface area contributed by atoms with Gasteiger partial charge >= 0.3 is 0 Å². The van der Waals surface area contributed by atoms with E-state index in [-0.39, 0.29) is 18.1 Å². The van der Waals surface area contributed by atoms with E-state index in [0.29, 0.717) is 6.42 Å². The summed E-state index contributed by atoms with van der Waals surface area (Å²) in [5, 5.41) is 0. The molecule has 2 aliphatic rings. The highest BCUT2D eigenvalue weighted by Gasteiger charge is 2.31. The van der Waals surface area contributed by atoms with Gasteiger partial charge in [0.05, 0.1) is 20.3 Å². The molecule has 5 heteroatoms.